The van der Waals surface area contributed by atoms with E-state index in [2.05, 4.69) is 16.0 Å². The molecule has 0 aromatic heterocycles. The van der Waals surface area contributed by atoms with Gasteiger partial charge in [-0.15, -0.1) is 12.4 Å². The number of nitro benzene ring substituents is 1. The van der Waals surface area contributed by atoms with E-state index in [0.29, 0.717) is 18.8 Å². The van der Waals surface area contributed by atoms with Crippen LogP contribution < -0.4 is 16.0 Å². The number of nitrogens with zero attached hydrogens (tertiary/aromatic N) is 1. The molecule has 1 aromatic carbocycles. The van der Waals surface area contributed by atoms with Crippen LogP contribution >= 0.6 is 12.4 Å². The zero-order chi connectivity index (χ0) is 16.7. The summed E-state index contributed by atoms with van der Waals surface area (Å²) in [6.07, 6.45) is 2.69. The summed E-state index contributed by atoms with van der Waals surface area (Å²) in [6, 6.07) is 5.12. The van der Waals surface area contributed by atoms with Gasteiger partial charge in [0.1, 0.15) is 5.69 Å². The van der Waals surface area contributed by atoms with Crippen LogP contribution in [0.15, 0.2) is 18.2 Å². The Hall–Kier alpha value is -1.86. The van der Waals surface area contributed by atoms with Gasteiger partial charge in [-0.05, 0) is 44.4 Å². The SMILES string of the molecule is Cc1ccc(NCCCNC(=O)C2CCCNC2)c([N+](=O)[O-])c1.Cl. The van der Waals surface area contributed by atoms with Crippen molar-refractivity contribution in [3.05, 3.63) is 33.9 Å². The molecular weight excluding hydrogens is 332 g/mol. The Morgan fingerprint density at radius 2 is 2.21 bits per heavy atom. The van der Waals surface area contributed by atoms with Gasteiger partial charge >= 0.3 is 0 Å². The lowest BCUT2D eigenvalue weighted by atomic mass is 9.99. The maximum Gasteiger partial charge on any atom is 0.292 e. The molecule has 1 amide bonds. The number of nitro groups is 1. The number of anilines is 1. The molecule has 1 saturated heterocycles. The first-order valence-electron chi connectivity index (χ1n) is 8.05. The summed E-state index contributed by atoms with van der Waals surface area (Å²) in [5.74, 6) is 0.161. The lowest BCUT2D eigenvalue weighted by molar-refractivity contribution is -0.384. The molecule has 1 aliphatic rings. The first-order chi connectivity index (χ1) is 11.1. The molecule has 1 heterocycles. The number of halogens is 1. The highest BCUT2D eigenvalue weighted by Gasteiger charge is 2.20. The minimum absolute atomic E-state index is 0. The minimum Gasteiger partial charge on any atom is -0.379 e. The third-order valence-corrected chi connectivity index (χ3v) is 3.99. The Labute approximate surface area is 148 Å². The second-order valence-electron chi connectivity index (χ2n) is 5.89. The van der Waals surface area contributed by atoms with Crippen molar-refractivity contribution in [2.45, 2.75) is 26.2 Å². The number of piperidine rings is 1. The van der Waals surface area contributed by atoms with E-state index >= 15 is 0 Å². The van der Waals surface area contributed by atoms with Crippen molar-refractivity contribution in [1.82, 2.24) is 10.6 Å². The molecule has 24 heavy (non-hydrogen) atoms. The van der Waals surface area contributed by atoms with Gasteiger partial charge in [0.15, 0.2) is 0 Å². The third-order valence-electron chi connectivity index (χ3n) is 3.99. The molecule has 0 spiro atoms. The minimum atomic E-state index is -0.382. The molecular formula is C16H25ClN4O3. The number of amides is 1. The lowest BCUT2D eigenvalue weighted by Gasteiger charge is -2.21. The van der Waals surface area contributed by atoms with E-state index in [4.69, 9.17) is 0 Å². The van der Waals surface area contributed by atoms with Crippen LogP contribution in [0.25, 0.3) is 0 Å². The van der Waals surface area contributed by atoms with Gasteiger partial charge in [-0.1, -0.05) is 6.07 Å². The monoisotopic (exact) mass is 356 g/mol. The van der Waals surface area contributed by atoms with E-state index in [9.17, 15) is 14.9 Å². The molecule has 1 fully saturated rings. The Morgan fingerprint density at radius 1 is 1.42 bits per heavy atom. The zero-order valence-corrected chi connectivity index (χ0v) is 14.7. The van der Waals surface area contributed by atoms with Crippen molar-refractivity contribution in [1.29, 1.82) is 0 Å². The molecule has 1 unspecified atom stereocenters. The molecule has 7 nitrogen and oxygen atoms in total. The fourth-order valence-electron chi connectivity index (χ4n) is 2.69. The molecule has 0 saturated carbocycles. The van der Waals surface area contributed by atoms with E-state index in [1.165, 1.54) is 0 Å². The number of carbonyl (C=O) groups excluding carboxylic acids is 1. The number of carbonyl (C=O) groups is 1. The van der Waals surface area contributed by atoms with Crippen LogP contribution in [0.5, 0.6) is 0 Å². The predicted molar refractivity (Wildman–Crippen MR) is 96.8 cm³/mol. The number of rotatable bonds is 7. The van der Waals surface area contributed by atoms with E-state index in [-0.39, 0.29) is 34.8 Å². The van der Waals surface area contributed by atoms with Crippen LogP contribution in [0.1, 0.15) is 24.8 Å². The normalized spacial score (nSPS) is 16.8. The molecule has 134 valence electrons. The summed E-state index contributed by atoms with van der Waals surface area (Å²) in [5, 5.41) is 20.3. The summed E-state index contributed by atoms with van der Waals surface area (Å²) in [6.45, 7) is 4.71. The van der Waals surface area contributed by atoms with E-state index in [1.807, 2.05) is 13.0 Å². The summed E-state index contributed by atoms with van der Waals surface area (Å²) in [4.78, 5) is 22.6. The lowest BCUT2D eigenvalue weighted by Crippen LogP contribution is -2.41. The second-order valence-corrected chi connectivity index (χ2v) is 5.89. The highest BCUT2D eigenvalue weighted by Crippen LogP contribution is 2.25. The van der Waals surface area contributed by atoms with Crippen molar-refractivity contribution in [2.24, 2.45) is 5.92 Å². The van der Waals surface area contributed by atoms with Crippen molar-refractivity contribution < 1.29 is 9.72 Å². The van der Waals surface area contributed by atoms with Gasteiger partial charge in [0, 0.05) is 25.7 Å². The highest BCUT2D eigenvalue weighted by molar-refractivity contribution is 5.85. The van der Waals surface area contributed by atoms with E-state index in [1.54, 1.807) is 12.1 Å². The van der Waals surface area contributed by atoms with Crippen LogP contribution in [0.4, 0.5) is 11.4 Å². The van der Waals surface area contributed by atoms with Gasteiger partial charge in [0.25, 0.3) is 5.69 Å². The van der Waals surface area contributed by atoms with Crippen LogP contribution in [0.2, 0.25) is 0 Å². The molecule has 8 heteroatoms. The van der Waals surface area contributed by atoms with Crippen molar-refractivity contribution >= 4 is 29.7 Å². The van der Waals surface area contributed by atoms with Gasteiger partial charge in [0.05, 0.1) is 10.8 Å². The number of hydrogen-bond donors (Lipinski definition) is 3. The first-order valence-corrected chi connectivity index (χ1v) is 8.05. The van der Waals surface area contributed by atoms with Gasteiger partial charge in [-0.25, -0.2) is 0 Å². The summed E-state index contributed by atoms with van der Waals surface area (Å²) in [7, 11) is 0. The molecule has 1 aromatic rings. The van der Waals surface area contributed by atoms with Crippen LogP contribution in [-0.2, 0) is 4.79 Å². The molecule has 0 bridgehead atoms. The molecule has 0 radical (unpaired) electrons. The molecule has 1 aliphatic heterocycles. The van der Waals surface area contributed by atoms with E-state index < -0.39 is 0 Å². The van der Waals surface area contributed by atoms with Gasteiger partial charge in [-0.3, -0.25) is 14.9 Å². The highest BCUT2D eigenvalue weighted by atomic mass is 35.5. The average Bonchev–Trinajstić information content (AvgIpc) is 2.56. The summed E-state index contributed by atoms with van der Waals surface area (Å²) >= 11 is 0. The first kappa shape index (κ1) is 20.2. The molecule has 0 aliphatic carbocycles. The molecule has 3 N–H and O–H groups in total. The summed E-state index contributed by atoms with van der Waals surface area (Å²) in [5.41, 5.74) is 1.46. The van der Waals surface area contributed by atoms with Crippen molar-refractivity contribution in [3.8, 4) is 0 Å². The number of hydrogen-bond acceptors (Lipinski definition) is 5. The Kier molecular flexibility index (Phi) is 8.49. The maximum absolute atomic E-state index is 12.0. The van der Waals surface area contributed by atoms with Crippen molar-refractivity contribution in [3.63, 3.8) is 0 Å². The standard InChI is InChI=1S/C16H24N4O3.ClH/c1-12-5-6-14(15(10-12)20(22)23)18-8-3-9-19-16(21)13-4-2-7-17-11-13;/h5-6,10,13,17-18H,2-4,7-9,11H2,1H3,(H,19,21);1H. The molecule has 1 atom stereocenters. The van der Waals surface area contributed by atoms with Gasteiger partial charge in [-0.2, -0.15) is 0 Å². The van der Waals surface area contributed by atoms with Crippen LogP contribution in [0.3, 0.4) is 0 Å². The fourth-order valence-corrected chi connectivity index (χ4v) is 2.69. The topological polar surface area (TPSA) is 96.3 Å². The third kappa shape index (κ3) is 5.98. The number of benzene rings is 1. The second kappa shape index (κ2) is 10.1. The van der Waals surface area contributed by atoms with Gasteiger partial charge < -0.3 is 16.0 Å². The van der Waals surface area contributed by atoms with Crippen LogP contribution in [0, 0.1) is 23.0 Å². The summed E-state index contributed by atoms with van der Waals surface area (Å²) < 4.78 is 0. The van der Waals surface area contributed by atoms with Crippen molar-refractivity contribution in [2.75, 3.05) is 31.5 Å². The maximum atomic E-state index is 12.0. The molecule has 2 rings (SSSR count). The quantitative estimate of drug-likeness (QED) is 0.395. The van der Waals surface area contributed by atoms with E-state index in [0.717, 1.165) is 37.9 Å². The Bertz CT molecular complexity index is 562. The number of aryl methyl sites for hydroxylation is 1. The predicted octanol–water partition coefficient (Wildman–Crippen LogP) is 2.24. The number of nitrogens with one attached hydrogen (secondary N) is 3. The van der Waals surface area contributed by atoms with Gasteiger partial charge in [0.2, 0.25) is 5.91 Å². The Balaban J connectivity index is 0.00000288. The fraction of sp³-hybridized carbons (Fsp3) is 0.562. The largest absolute Gasteiger partial charge is 0.379 e. The van der Waals surface area contributed by atoms with Crippen LogP contribution in [-0.4, -0.2) is 37.0 Å². The average molecular weight is 357 g/mol. The zero-order valence-electron chi connectivity index (χ0n) is 13.8. The smallest absolute Gasteiger partial charge is 0.292 e. The Morgan fingerprint density at radius 3 is 2.88 bits per heavy atom.